The zero-order valence-corrected chi connectivity index (χ0v) is 33.8. The molecule has 0 aliphatic heterocycles. The van der Waals surface area contributed by atoms with Gasteiger partial charge in [0.2, 0.25) is 11.8 Å². The highest BCUT2D eigenvalue weighted by molar-refractivity contribution is 5.81. The van der Waals surface area contributed by atoms with Gasteiger partial charge in [-0.1, -0.05) is 60.3 Å². The van der Waals surface area contributed by atoms with E-state index in [9.17, 15) is 19.2 Å². The zero-order valence-electron chi connectivity index (χ0n) is 33.8. The second-order valence-corrected chi connectivity index (χ2v) is 13.4. The van der Waals surface area contributed by atoms with E-state index in [-0.39, 0.29) is 53.8 Å². The van der Waals surface area contributed by atoms with Crippen LogP contribution in [-0.4, -0.2) is 115 Å². The monoisotopic (exact) mass is 733 g/mol. The summed E-state index contributed by atoms with van der Waals surface area (Å²) in [6, 6.07) is 0.0665. The summed E-state index contributed by atoms with van der Waals surface area (Å²) in [6.45, 7) is 18.3. The van der Waals surface area contributed by atoms with Crippen LogP contribution in [0.4, 0.5) is 0 Å². The van der Waals surface area contributed by atoms with Gasteiger partial charge < -0.3 is 39.1 Å². The number of Topliss-reactive ketones (excluding diaryl/α,β-unsaturated/α-hetero) is 2. The van der Waals surface area contributed by atoms with Crippen LogP contribution < -0.4 is 10.6 Å². The fraction of sp³-hybridized carbons (Fsp3) is 0.897. The Kier molecular flexibility index (Phi) is 36.5. The normalized spacial score (nSPS) is 16.8. The fourth-order valence-corrected chi connectivity index (χ4v) is 4.72. The van der Waals surface area contributed by atoms with Gasteiger partial charge in [-0.25, -0.2) is 0 Å². The van der Waals surface area contributed by atoms with Crippen molar-refractivity contribution >= 4 is 23.4 Å². The Morgan fingerprint density at radius 1 is 0.706 bits per heavy atom. The highest BCUT2D eigenvalue weighted by atomic mass is 16.5. The molecule has 2 aliphatic carbocycles. The van der Waals surface area contributed by atoms with E-state index in [4.69, 9.17) is 28.4 Å². The van der Waals surface area contributed by atoms with Gasteiger partial charge in [0.05, 0.1) is 65.1 Å². The molecule has 302 valence electrons. The summed E-state index contributed by atoms with van der Waals surface area (Å²) in [6.07, 6.45) is 11.8. The molecule has 2 amide bonds. The van der Waals surface area contributed by atoms with Gasteiger partial charge >= 0.3 is 0 Å². The molecule has 0 aromatic heterocycles. The Hall–Kier alpha value is -1.96. The quantitative estimate of drug-likeness (QED) is 0.116. The van der Waals surface area contributed by atoms with E-state index in [1.165, 1.54) is 38.5 Å². The first-order valence-corrected chi connectivity index (χ1v) is 19.4. The van der Waals surface area contributed by atoms with Gasteiger partial charge in [-0.05, 0) is 39.5 Å². The number of hydrogen-bond acceptors (Lipinski definition) is 10. The zero-order chi connectivity index (χ0) is 38.7. The Bertz CT molecular complexity index is 844. The number of carbonyl (C=O) groups is 4. The molecule has 0 radical (unpaired) electrons. The van der Waals surface area contributed by atoms with Crippen LogP contribution in [0.25, 0.3) is 0 Å². The van der Waals surface area contributed by atoms with Crippen LogP contribution >= 0.6 is 0 Å². The van der Waals surface area contributed by atoms with Crippen LogP contribution in [0, 0.1) is 11.8 Å². The highest BCUT2D eigenvalue weighted by Gasteiger charge is 2.35. The van der Waals surface area contributed by atoms with Gasteiger partial charge in [0.1, 0.15) is 11.6 Å². The molecule has 2 rings (SSSR count). The molecule has 2 fully saturated rings. The van der Waals surface area contributed by atoms with Crippen LogP contribution in [0.2, 0.25) is 0 Å². The second-order valence-electron chi connectivity index (χ2n) is 13.4. The van der Waals surface area contributed by atoms with E-state index in [2.05, 4.69) is 24.5 Å². The smallest absolute Gasteiger partial charge is 0.223 e. The van der Waals surface area contributed by atoms with Crippen LogP contribution in [0.15, 0.2) is 0 Å². The summed E-state index contributed by atoms with van der Waals surface area (Å²) in [5.41, 5.74) is 0. The molecule has 12 nitrogen and oxygen atoms in total. The standard InChI is InChI=1S/C18H32N2O5.C11H22O4.C7H14O.C3H8/c1-4-16(21)5-8-24-9-6-17(22)20-15-11-14(12-15)18(23)19-7-10-25-13(2)3;1-10(2)11(12)4-5-14-8-9-15-7-6-13-3;1-8-7-5-3-2-4-6-7;1-3-2/h13-15H,4-12H2,1-3H3,(H,19,23)(H,20,22);10H,4-9H2,1-3H3;7H,2-6H2,1H3;3H2,1-2H3. The van der Waals surface area contributed by atoms with E-state index in [1.807, 2.05) is 41.7 Å². The van der Waals surface area contributed by atoms with Gasteiger partial charge in [0.15, 0.2) is 0 Å². The molecule has 0 spiro atoms. The Balaban J connectivity index is 0. The summed E-state index contributed by atoms with van der Waals surface area (Å²) >= 11 is 0. The molecular weight excluding hydrogens is 656 g/mol. The van der Waals surface area contributed by atoms with E-state index in [0.717, 1.165) is 0 Å². The minimum atomic E-state index is -0.0731. The third kappa shape index (κ3) is 33.6. The van der Waals surface area contributed by atoms with Crippen molar-refractivity contribution < 1.29 is 47.6 Å². The maximum absolute atomic E-state index is 11.9. The van der Waals surface area contributed by atoms with Gasteiger partial charge in [-0.15, -0.1) is 0 Å². The van der Waals surface area contributed by atoms with Crippen molar-refractivity contribution in [2.75, 3.05) is 73.6 Å². The van der Waals surface area contributed by atoms with Crippen molar-refractivity contribution in [3.63, 3.8) is 0 Å². The van der Waals surface area contributed by atoms with Crippen molar-refractivity contribution in [2.45, 2.75) is 144 Å². The van der Waals surface area contributed by atoms with Crippen molar-refractivity contribution in [1.82, 2.24) is 10.6 Å². The highest BCUT2D eigenvalue weighted by Crippen LogP contribution is 2.27. The Morgan fingerprint density at radius 2 is 1.25 bits per heavy atom. The lowest BCUT2D eigenvalue weighted by Gasteiger charge is -2.34. The molecular formula is C39H76N2O10. The molecule has 2 N–H and O–H groups in total. The number of nitrogens with one attached hydrogen (secondary N) is 2. The second kappa shape index (κ2) is 36.4. The van der Waals surface area contributed by atoms with E-state index in [1.54, 1.807) is 7.11 Å². The Labute approximate surface area is 310 Å². The largest absolute Gasteiger partial charge is 0.382 e. The average molecular weight is 733 g/mol. The molecule has 0 bridgehead atoms. The first kappa shape index (κ1) is 51.1. The molecule has 51 heavy (non-hydrogen) atoms. The number of rotatable bonds is 24. The van der Waals surface area contributed by atoms with E-state index >= 15 is 0 Å². The minimum Gasteiger partial charge on any atom is -0.382 e. The van der Waals surface area contributed by atoms with E-state index < -0.39 is 0 Å². The number of amides is 2. The summed E-state index contributed by atoms with van der Waals surface area (Å²) < 4.78 is 31.1. The topological polar surface area (TPSA) is 148 Å². The number of ether oxygens (including phenoxy) is 6. The molecule has 0 heterocycles. The molecule has 12 heteroatoms. The SMILES string of the molecule is CCC.CCC(=O)CCOCCC(=O)NC1CC(C(=O)NCCOC(C)C)C1.COC1CCCCC1.COCCOCCOCCC(=O)C(C)C. The first-order valence-electron chi connectivity index (χ1n) is 19.4. The van der Waals surface area contributed by atoms with Crippen LogP contribution in [0.3, 0.4) is 0 Å². The lowest BCUT2D eigenvalue weighted by molar-refractivity contribution is -0.131. The van der Waals surface area contributed by atoms with Gasteiger partial charge in [0, 0.05) is 64.3 Å². The average Bonchev–Trinajstić information content (AvgIpc) is 3.09. The number of methoxy groups -OCH3 is 2. The first-order chi connectivity index (χ1) is 24.4. The summed E-state index contributed by atoms with van der Waals surface area (Å²) in [5, 5.41) is 5.76. The number of hydrogen-bond donors (Lipinski definition) is 2. The van der Waals surface area contributed by atoms with Crippen LogP contribution in [-0.2, 0) is 47.6 Å². The summed E-state index contributed by atoms with van der Waals surface area (Å²) in [5.74, 6) is 0.444. The number of carbonyl (C=O) groups excluding carboxylic acids is 4. The molecule has 0 aromatic rings. The van der Waals surface area contributed by atoms with Crippen LogP contribution in [0.1, 0.15) is 126 Å². The number of ketones is 2. The van der Waals surface area contributed by atoms with Crippen molar-refractivity contribution in [1.29, 1.82) is 0 Å². The van der Waals surface area contributed by atoms with Gasteiger partial charge in [-0.3, -0.25) is 19.2 Å². The van der Waals surface area contributed by atoms with Crippen molar-refractivity contribution in [2.24, 2.45) is 11.8 Å². The lowest BCUT2D eigenvalue weighted by atomic mass is 9.79. The lowest BCUT2D eigenvalue weighted by Crippen LogP contribution is -2.49. The molecule has 2 aliphatic rings. The third-order valence-electron chi connectivity index (χ3n) is 7.95. The molecule has 0 saturated heterocycles. The van der Waals surface area contributed by atoms with E-state index in [0.29, 0.717) is 97.6 Å². The van der Waals surface area contributed by atoms with Crippen molar-refractivity contribution in [3.05, 3.63) is 0 Å². The minimum absolute atomic E-state index is 0.0272. The van der Waals surface area contributed by atoms with Crippen molar-refractivity contribution in [3.8, 4) is 0 Å². The Morgan fingerprint density at radius 3 is 1.78 bits per heavy atom. The molecule has 0 unspecified atom stereocenters. The summed E-state index contributed by atoms with van der Waals surface area (Å²) in [4.78, 5) is 46.0. The van der Waals surface area contributed by atoms with Gasteiger partial charge in [0.25, 0.3) is 0 Å². The fourth-order valence-electron chi connectivity index (χ4n) is 4.72. The predicted molar refractivity (Wildman–Crippen MR) is 202 cm³/mol. The third-order valence-corrected chi connectivity index (χ3v) is 7.95. The maximum atomic E-state index is 11.9. The maximum Gasteiger partial charge on any atom is 0.223 e. The molecule has 2 saturated carbocycles. The predicted octanol–water partition coefficient (Wildman–Crippen LogP) is 5.86. The summed E-state index contributed by atoms with van der Waals surface area (Å²) in [7, 11) is 3.45. The van der Waals surface area contributed by atoms with Gasteiger partial charge in [-0.2, -0.15) is 0 Å². The molecule has 0 aromatic carbocycles. The van der Waals surface area contributed by atoms with Crippen LogP contribution in [0.5, 0.6) is 0 Å². The molecule has 0 atom stereocenters.